The molecule has 1 rings (SSSR count). The second-order valence-corrected chi connectivity index (χ2v) is 6.64. The molecular weight excluding hydrogens is 362 g/mol. The minimum absolute atomic E-state index is 0.0498. The van der Waals surface area contributed by atoms with Gasteiger partial charge in [-0.2, -0.15) is 16.8 Å². The lowest BCUT2D eigenvalue weighted by molar-refractivity contribution is 0.223. The van der Waals surface area contributed by atoms with Gasteiger partial charge < -0.3 is 5.32 Å². The van der Waals surface area contributed by atoms with E-state index in [0.29, 0.717) is 10.6 Å². The van der Waals surface area contributed by atoms with Gasteiger partial charge in [0, 0.05) is 11.6 Å². The summed E-state index contributed by atoms with van der Waals surface area (Å²) in [4.78, 5) is 0. The van der Waals surface area contributed by atoms with Crippen molar-refractivity contribution < 1.29 is 34.3 Å². The minimum Gasteiger partial charge on any atom is -0.306 e. The normalized spacial score (nSPS) is 14.0. The number of rotatable bonds is 9. The molecule has 9 nitrogen and oxygen atoms in total. The predicted molar refractivity (Wildman–Crippen MR) is 77.2 cm³/mol. The lowest BCUT2D eigenvalue weighted by atomic mass is 10.1. The Bertz CT molecular complexity index is 691. The van der Waals surface area contributed by atoms with Crippen LogP contribution in [-0.2, 0) is 29.2 Å². The number of hydrogen-bond acceptors (Lipinski definition) is 7. The number of benzene rings is 1. The van der Waals surface area contributed by atoms with Crippen molar-refractivity contribution in [2.75, 3.05) is 19.8 Å². The zero-order chi connectivity index (χ0) is 16.8. The summed E-state index contributed by atoms with van der Waals surface area (Å²) in [6.45, 7) is -0.890. The van der Waals surface area contributed by atoms with Gasteiger partial charge in [0.1, 0.15) is 0 Å². The monoisotopic (exact) mass is 375 g/mol. The Kier molecular flexibility index (Phi) is 7.15. The number of halogens is 1. The van der Waals surface area contributed by atoms with Gasteiger partial charge in [0.05, 0.1) is 19.3 Å². The van der Waals surface area contributed by atoms with Crippen LogP contribution in [0.25, 0.3) is 0 Å². The Morgan fingerprint density at radius 3 is 2.32 bits per heavy atom. The summed E-state index contributed by atoms with van der Waals surface area (Å²) in [5, 5.41) is 3.14. The van der Waals surface area contributed by atoms with E-state index in [1.807, 2.05) is 0 Å². The highest BCUT2D eigenvalue weighted by Gasteiger charge is 2.16. The van der Waals surface area contributed by atoms with E-state index in [9.17, 15) is 16.8 Å². The zero-order valence-corrected chi connectivity index (χ0v) is 13.4. The molecule has 126 valence electrons. The van der Waals surface area contributed by atoms with Crippen LogP contribution in [0.3, 0.4) is 0 Å². The van der Waals surface area contributed by atoms with Crippen LogP contribution in [0.15, 0.2) is 24.3 Å². The Morgan fingerprint density at radius 1 is 1.14 bits per heavy atom. The average molecular weight is 376 g/mol. The Morgan fingerprint density at radius 2 is 1.77 bits per heavy atom. The van der Waals surface area contributed by atoms with Gasteiger partial charge in [-0.05, 0) is 17.7 Å². The first-order valence-corrected chi connectivity index (χ1v) is 8.90. The van der Waals surface area contributed by atoms with Crippen molar-refractivity contribution in [3.8, 4) is 0 Å². The van der Waals surface area contributed by atoms with Gasteiger partial charge in [-0.1, -0.05) is 23.7 Å². The van der Waals surface area contributed by atoms with Crippen LogP contribution < -0.4 is 5.32 Å². The van der Waals surface area contributed by atoms with E-state index < -0.39 is 33.4 Å². The van der Waals surface area contributed by atoms with E-state index in [1.54, 1.807) is 18.2 Å². The highest BCUT2D eigenvalue weighted by atomic mass is 35.5. The first-order valence-electron chi connectivity index (χ1n) is 5.79. The average Bonchev–Trinajstić information content (AvgIpc) is 2.35. The van der Waals surface area contributed by atoms with Crippen LogP contribution in [-0.4, -0.2) is 45.7 Å². The molecule has 22 heavy (non-hydrogen) atoms. The Balaban J connectivity index is 2.70. The lowest BCUT2D eigenvalue weighted by Gasteiger charge is -2.18. The molecule has 0 spiro atoms. The summed E-state index contributed by atoms with van der Waals surface area (Å²) >= 11 is 5.83. The van der Waals surface area contributed by atoms with Crippen molar-refractivity contribution in [1.82, 2.24) is 5.32 Å². The van der Waals surface area contributed by atoms with Crippen molar-refractivity contribution >= 4 is 32.4 Å². The molecule has 0 aliphatic rings. The SMILES string of the molecule is O=S(=O)(O)OCCNC(COS(=O)(=O)O)c1cccc(Cl)c1. The third-order valence-electron chi connectivity index (χ3n) is 2.36. The molecule has 0 bridgehead atoms. The molecule has 12 heteroatoms. The van der Waals surface area contributed by atoms with E-state index in [2.05, 4.69) is 13.7 Å². The molecule has 0 heterocycles. The minimum atomic E-state index is -4.63. The maximum Gasteiger partial charge on any atom is 0.397 e. The van der Waals surface area contributed by atoms with E-state index >= 15 is 0 Å². The second-order valence-electron chi connectivity index (χ2n) is 4.02. The molecule has 0 fully saturated rings. The third kappa shape index (κ3) is 8.60. The molecule has 0 aliphatic heterocycles. The molecule has 0 aromatic heterocycles. The fourth-order valence-corrected chi connectivity index (χ4v) is 2.33. The third-order valence-corrected chi connectivity index (χ3v) is 3.49. The largest absolute Gasteiger partial charge is 0.397 e. The quantitative estimate of drug-likeness (QED) is 0.418. The van der Waals surface area contributed by atoms with Crippen molar-refractivity contribution in [2.45, 2.75) is 6.04 Å². The van der Waals surface area contributed by atoms with E-state index in [1.165, 1.54) is 6.07 Å². The zero-order valence-electron chi connectivity index (χ0n) is 11.0. The summed E-state index contributed by atoms with van der Waals surface area (Å²) in [7, 11) is -9.19. The maximum absolute atomic E-state index is 10.6. The smallest absolute Gasteiger partial charge is 0.306 e. The summed E-state index contributed by atoms with van der Waals surface area (Å²) in [6.07, 6.45) is 0. The van der Waals surface area contributed by atoms with Gasteiger partial charge >= 0.3 is 20.8 Å². The first kappa shape index (κ1) is 19.3. The molecule has 1 aromatic rings. The molecule has 0 amide bonds. The molecule has 1 aromatic carbocycles. The van der Waals surface area contributed by atoms with Gasteiger partial charge in [0.25, 0.3) is 0 Å². The summed E-state index contributed by atoms with van der Waals surface area (Å²) < 4.78 is 67.5. The Labute approximate surface area is 133 Å². The van der Waals surface area contributed by atoms with E-state index in [0.717, 1.165) is 0 Å². The topological polar surface area (TPSA) is 139 Å². The van der Waals surface area contributed by atoms with Gasteiger partial charge in [0.15, 0.2) is 0 Å². The standard InChI is InChI=1S/C10H14ClNO8S2/c11-9-3-1-2-8(6-9)10(7-20-22(16,17)18)12-4-5-19-21(13,14)15/h1-3,6,10,12H,4-5,7H2,(H,13,14,15)(H,16,17,18). The number of hydrogen-bond donors (Lipinski definition) is 3. The van der Waals surface area contributed by atoms with Crippen molar-refractivity contribution in [3.63, 3.8) is 0 Å². The van der Waals surface area contributed by atoms with Crippen LogP contribution in [0.2, 0.25) is 5.02 Å². The molecule has 1 atom stereocenters. The van der Waals surface area contributed by atoms with Gasteiger partial charge in [-0.25, -0.2) is 8.37 Å². The maximum atomic E-state index is 10.6. The molecule has 0 saturated carbocycles. The Hall–Kier alpha value is -0.790. The number of nitrogens with one attached hydrogen (secondary N) is 1. The van der Waals surface area contributed by atoms with Gasteiger partial charge in [0.2, 0.25) is 0 Å². The highest BCUT2D eigenvalue weighted by Crippen LogP contribution is 2.18. The summed E-state index contributed by atoms with van der Waals surface area (Å²) in [5.74, 6) is 0. The van der Waals surface area contributed by atoms with Crippen LogP contribution >= 0.6 is 11.6 Å². The molecule has 0 saturated heterocycles. The second kappa shape index (κ2) is 8.17. The lowest BCUT2D eigenvalue weighted by Crippen LogP contribution is -2.30. The highest BCUT2D eigenvalue weighted by molar-refractivity contribution is 7.81. The van der Waals surface area contributed by atoms with E-state index in [4.69, 9.17) is 20.7 Å². The van der Waals surface area contributed by atoms with Gasteiger partial charge in [-0.3, -0.25) is 9.11 Å². The molecule has 3 N–H and O–H groups in total. The fraction of sp³-hybridized carbons (Fsp3) is 0.400. The summed E-state index contributed by atoms with van der Waals surface area (Å²) in [5.41, 5.74) is 0.544. The van der Waals surface area contributed by atoms with Crippen LogP contribution in [0, 0.1) is 0 Å². The van der Waals surface area contributed by atoms with E-state index in [-0.39, 0.29) is 13.2 Å². The predicted octanol–water partition coefficient (Wildman–Crippen LogP) is 0.610. The first-order chi connectivity index (χ1) is 10.1. The van der Waals surface area contributed by atoms with Crippen molar-refractivity contribution in [1.29, 1.82) is 0 Å². The molecular formula is C10H14ClNO8S2. The molecule has 0 aliphatic carbocycles. The van der Waals surface area contributed by atoms with Crippen LogP contribution in [0.5, 0.6) is 0 Å². The molecule has 0 radical (unpaired) electrons. The van der Waals surface area contributed by atoms with Crippen LogP contribution in [0.4, 0.5) is 0 Å². The summed E-state index contributed by atoms with van der Waals surface area (Å²) in [6, 6.07) is 5.67. The van der Waals surface area contributed by atoms with Crippen molar-refractivity contribution in [2.24, 2.45) is 0 Å². The van der Waals surface area contributed by atoms with Gasteiger partial charge in [-0.15, -0.1) is 0 Å². The van der Waals surface area contributed by atoms with Crippen molar-refractivity contribution in [3.05, 3.63) is 34.9 Å². The van der Waals surface area contributed by atoms with Crippen LogP contribution in [0.1, 0.15) is 11.6 Å². The fourth-order valence-electron chi connectivity index (χ4n) is 1.53. The molecule has 1 unspecified atom stereocenters.